The second kappa shape index (κ2) is 7.00. The van der Waals surface area contributed by atoms with Gasteiger partial charge in [0.15, 0.2) is 3.95 Å². The summed E-state index contributed by atoms with van der Waals surface area (Å²) in [6.07, 6.45) is 6.82. The summed E-state index contributed by atoms with van der Waals surface area (Å²) in [5, 5.41) is 3.01. The summed E-state index contributed by atoms with van der Waals surface area (Å²) in [5.74, 6) is 0.458. The number of carbonyl (C=O) groups is 2. The lowest BCUT2D eigenvalue weighted by Gasteiger charge is -2.38. The van der Waals surface area contributed by atoms with E-state index in [9.17, 15) is 9.59 Å². The molecule has 1 aromatic heterocycles. The minimum atomic E-state index is -0.147. The van der Waals surface area contributed by atoms with Gasteiger partial charge in [-0.05, 0) is 44.3 Å². The molecule has 1 aliphatic carbocycles. The minimum absolute atomic E-state index is 0.0107. The number of alkyl halides is 1. The van der Waals surface area contributed by atoms with Gasteiger partial charge in [0.2, 0.25) is 5.91 Å². The summed E-state index contributed by atoms with van der Waals surface area (Å²) in [7, 11) is 0. The minimum Gasteiger partial charge on any atom is -0.338 e. The highest BCUT2D eigenvalue weighted by molar-refractivity contribution is 7.73. The third-order valence-electron chi connectivity index (χ3n) is 5.59. The Morgan fingerprint density at radius 1 is 1.20 bits per heavy atom. The molecule has 25 heavy (non-hydrogen) atoms. The Bertz CT molecular complexity index is 752. The first-order valence-electron chi connectivity index (χ1n) is 9.06. The van der Waals surface area contributed by atoms with E-state index < -0.39 is 0 Å². The lowest BCUT2D eigenvalue weighted by atomic mass is 9.82. The Hall–Kier alpha value is -0.920. The van der Waals surface area contributed by atoms with Crippen LogP contribution in [0, 0.1) is 9.87 Å². The van der Waals surface area contributed by atoms with Crippen LogP contribution in [0.3, 0.4) is 0 Å². The first-order valence-corrected chi connectivity index (χ1v) is 10.7. The summed E-state index contributed by atoms with van der Waals surface area (Å²) < 4.78 is 2.69. The van der Waals surface area contributed by atoms with Gasteiger partial charge in [-0.25, -0.2) is 0 Å². The summed E-state index contributed by atoms with van der Waals surface area (Å²) in [6.45, 7) is 1.58. The van der Waals surface area contributed by atoms with Crippen LogP contribution in [0.5, 0.6) is 0 Å². The Kier molecular flexibility index (Phi) is 4.90. The van der Waals surface area contributed by atoms with Crippen LogP contribution in [0.25, 0.3) is 0 Å². The quantitative estimate of drug-likeness (QED) is 0.568. The van der Waals surface area contributed by atoms with Crippen LogP contribution in [-0.4, -0.2) is 39.7 Å². The fourth-order valence-electron chi connectivity index (χ4n) is 4.27. The molecule has 1 aromatic rings. The molecule has 1 N–H and O–H groups in total. The van der Waals surface area contributed by atoms with Crippen molar-refractivity contribution in [1.29, 1.82) is 0 Å². The summed E-state index contributed by atoms with van der Waals surface area (Å²) in [6, 6.07) is 0.0354. The van der Waals surface area contributed by atoms with Gasteiger partial charge in [0.05, 0.1) is 5.92 Å². The van der Waals surface area contributed by atoms with Crippen molar-refractivity contribution in [2.75, 3.05) is 18.4 Å². The van der Waals surface area contributed by atoms with E-state index in [4.69, 9.17) is 23.8 Å². The predicted octanol–water partition coefficient (Wildman–Crippen LogP) is 4.20. The lowest BCUT2D eigenvalue weighted by Crippen LogP contribution is -2.42. The van der Waals surface area contributed by atoms with Gasteiger partial charge in [0, 0.05) is 24.5 Å². The van der Waals surface area contributed by atoms with E-state index in [1.165, 1.54) is 24.2 Å². The molecule has 3 atom stereocenters. The van der Waals surface area contributed by atoms with E-state index in [0.29, 0.717) is 21.1 Å². The van der Waals surface area contributed by atoms with Crippen LogP contribution in [0.4, 0.5) is 5.82 Å². The van der Waals surface area contributed by atoms with E-state index in [1.54, 1.807) is 0 Å². The van der Waals surface area contributed by atoms with E-state index in [0.717, 1.165) is 38.8 Å². The van der Waals surface area contributed by atoms with Gasteiger partial charge >= 0.3 is 0 Å². The maximum absolute atomic E-state index is 13.1. The molecule has 0 bridgehead atoms. The van der Waals surface area contributed by atoms with E-state index >= 15 is 0 Å². The molecule has 2 amide bonds. The zero-order valence-electron chi connectivity index (χ0n) is 14.0. The summed E-state index contributed by atoms with van der Waals surface area (Å²) in [5.41, 5.74) is 0. The highest BCUT2D eigenvalue weighted by atomic mass is 35.5. The average Bonchev–Trinajstić information content (AvgIpc) is 2.78. The van der Waals surface area contributed by atoms with Gasteiger partial charge in [-0.1, -0.05) is 24.2 Å². The van der Waals surface area contributed by atoms with Crippen molar-refractivity contribution in [3.05, 3.63) is 8.83 Å². The smallest absolute Gasteiger partial charge is 0.267 e. The maximum Gasteiger partial charge on any atom is 0.267 e. The number of thiazole rings is 1. The number of anilines is 1. The topological polar surface area (TPSA) is 54.3 Å². The first-order chi connectivity index (χ1) is 12.1. The van der Waals surface area contributed by atoms with E-state index in [2.05, 4.69) is 5.32 Å². The van der Waals surface area contributed by atoms with Gasteiger partial charge < -0.3 is 14.8 Å². The molecule has 4 rings (SSSR count). The number of carbonyl (C=O) groups excluding carboxylic acids is 2. The SMILES string of the molecule is O=C1Nc2c(C(=O)N3CCCCCC3)sc(=S)n2C2CCC(Cl)CC12. The fraction of sp³-hybridized carbons (Fsp3) is 0.706. The Labute approximate surface area is 161 Å². The standard InChI is InChI=1S/C17H22ClN3O2S2/c18-10-5-6-12-11(9-10)15(22)19-14-13(25-17(24)21(12)14)16(23)20-7-3-1-2-4-8-20/h10-12H,1-9H2,(H,19,22). The van der Waals surface area contributed by atoms with Crippen LogP contribution < -0.4 is 5.32 Å². The normalized spacial score (nSPS) is 29.4. The molecule has 2 fully saturated rings. The number of rotatable bonds is 1. The molecule has 1 saturated heterocycles. The first kappa shape index (κ1) is 17.5. The highest BCUT2D eigenvalue weighted by Crippen LogP contribution is 2.44. The van der Waals surface area contributed by atoms with Crippen LogP contribution in [0.15, 0.2) is 0 Å². The van der Waals surface area contributed by atoms with Crippen molar-refractivity contribution < 1.29 is 9.59 Å². The van der Waals surface area contributed by atoms with Gasteiger partial charge in [0.25, 0.3) is 5.91 Å². The fourth-order valence-corrected chi connectivity index (χ4v) is 6.03. The maximum atomic E-state index is 13.1. The van der Waals surface area contributed by atoms with Crippen molar-refractivity contribution >= 4 is 52.8 Å². The number of halogens is 1. The molecular formula is C17H22ClN3O2S2. The molecule has 136 valence electrons. The highest BCUT2D eigenvalue weighted by Gasteiger charge is 2.42. The van der Waals surface area contributed by atoms with Crippen molar-refractivity contribution in [3.63, 3.8) is 0 Å². The Morgan fingerprint density at radius 3 is 2.64 bits per heavy atom. The molecule has 0 spiro atoms. The number of nitrogens with one attached hydrogen (secondary N) is 1. The van der Waals surface area contributed by atoms with Gasteiger partial charge in [0.1, 0.15) is 10.7 Å². The second-order valence-electron chi connectivity index (χ2n) is 7.20. The van der Waals surface area contributed by atoms with Crippen LogP contribution in [0.2, 0.25) is 0 Å². The molecule has 3 unspecified atom stereocenters. The van der Waals surface area contributed by atoms with Gasteiger partial charge in [-0.3, -0.25) is 9.59 Å². The third kappa shape index (κ3) is 3.15. The van der Waals surface area contributed by atoms with Crippen LogP contribution >= 0.6 is 35.2 Å². The number of nitrogens with zero attached hydrogens (tertiary/aromatic N) is 2. The zero-order chi connectivity index (χ0) is 17.6. The Morgan fingerprint density at radius 2 is 1.92 bits per heavy atom. The monoisotopic (exact) mass is 399 g/mol. The number of hydrogen-bond acceptors (Lipinski definition) is 4. The van der Waals surface area contributed by atoms with E-state index in [1.807, 2.05) is 9.47 Å². The van der Waals surface area contributed by atoms with Crippen molar-refractivity contribution in [2.24, 2.45) is 5.92 Å². The molecule has 0 aromatic carbocycles. The number of likely N-dealkylation sites (tertiary alicyclic amines) is 1. The number of fused-ring (bicyclic) bond motifs is 3. The number of hydrogen-bond donors (Lipinski definition) is 1. The van der Waals surface area contributed by atoms with Crippen molar-refractivity contribution in [1.82, 2.24) is 9.47 Å². The van der Waals surface area contributed by atoms with E-state index in [-0.39, 0.29) is 29.2 Å². The zero-order valence-corrected chi connectivity index (χ0v) is 16.4. The van der Waals surface area contributed by atoms with Crippen LogP contribution in [0.1, 0.15) is 60.7 Å². The number of aromatic nitrogens is 1. The number of amides is 2. The molecule has 1 saturated carbocycles. The van der Waals surface area contributed by atoms with Crippen LogP contribution in [-0.2, 0) is 4.79 Å². The van der Waals surface area contributed by atoms with Crippen molar-refractivity contribution in [3.8, 4) is 0 Å². The molecule has 3 heterocycles. The van der Waals surface area contributed by atoms with Gasteiger partial charge in [-0.2, -0.15) is 0 Å². The van der Waals surface area contributed by atoms with Gasteiger partial charge in [-0.15, -0.1) is 11.6 Å². The predicted molar refractivity (Wildman–Crippen MR) is 102 cm³/mol. The molecule has 2 aliphatic heterocycles. The molecule has 0 radical (unpaired) electrons. The molecule has 8 heteroatoms. The molecule has 3 aliphatic rings. The molecule has 5 nitrogen and oxygen atoms in total. The van der Waals surface area contributed by atoms with Crippen molar-refractivity contribution in [2.45, 2.75) is 56.4 Å². The summed E-state index contributed by atoms with van der Waals surface area (Å²) in [4.78, 5) is 28.2. The summed E-state index contributed by atoms with van der Waals surface area (Å²) >= 11 is 13.2. The lowest BCUT2D eigenvalue weighted by molar-refractivity contribution is -0.123. The third-order valence-corrected chi connectivity index (χ3v) is 7.38. The molecular weight excluding hydrogens is 378 g/mol. The average molecular weight is 400 g/mol. The largest absolute Gasteiger partial charge is 0.338 e. The Balaban J connectivity index is 1.69. The second-order valence-corrected chi connectivity index (χ2v) is 9.46.